The first-order chi connectivity index (χ1) is 44.4. The second-order valence-electron chi connectivity index (χ2n) is 26.4. The van der Waals surface area contributed by atoms with Crippen LogP contribution in [0.5, 0.6) is 0 Å². The number of fused-ring (bicyclic) bond motifs is 2. The molecule has 0 amide bonds. The van der Waals surface area contributed by atoms with E-state index in [2.05, 4.69) is 86.8 Å². The first-order valence-corrected chi connectivity index (χ1v) is 36.2. The molecule has 11 rings (SSSR count). The Morgan fingerprint density at radius 2 is 0.883 bits per heavy atom. The van der Waals surface area contributed by atoms with Crippen LogP contribution >= 0.6 is 24.1 Å². The Hall–Kier alpha value is -5.16. The van der Waals surface area contributed by atoms with Gasteiger partial charge in [-0.3, -0.25) is 70.2 Å². The maximum absolute atomic E-state index is 12.9. The molecule has 34 heteroatoms. The van der Waals surface area contributed by atoms with Crippen LogP contribution in [0.15, 0.2) is 65.6 Å². The van der Waals surface area contributed by atoms with Gasteiger partial charge < -0.3 is 28.9 Å². The van der Waals surface area contributed by atoms with Gasteiger partial charge in [0, 0.05) is 61.0 Å². The third-order valence-electron chi connectivity index (χ3n) is 18.0. The van der Waals surface area contributed by atoms with E-state index < -0.39 is 136 Å². The minimum absolute atomic E-state index is 0.0828. The van der Waals surface area contributed by atoms with Gasteiger partial charge in [-0.25, -0.2) is 32.9 Å². The van der Waals surface area contributed by atoms with Gasteiger partial charge >= 0.3 is 32.7 Å². The monoisotopic (exact) mass is 1380 g/mol. The van der Waals surface area contributed by atoms with Crippen LogP contribution in [0.1, 0.15) is 172 Å². The van der Waals surface area contributed by atoms with Crippen LogP contribution in [-0.2, 0) is 55.0 Å². The van der Waals surface area contributed by atoms with Crippen LogP contribution in [0.2, 0.25) is 0 Å². The van der Waals surface area contributed by atoms with Gasteiger partial charge in [-0.05, 0) is 115 Å². The van der Waals surface area contributed by atoms with Gasteiger partial charge in [0.05, 0.1) is 56.3 Å². The molecule has 94 heavy (non-hydrogen) atoms. The van der Waals surface area contributed by atoms with Crippen LogP contribution in [0, 0.1) is 50.2 Å². The molecule has 0 radical (unpaired) electrons. The lowest BCUT2D eigenvalue weighted by molar-refractivity contribution is -0.0761. The van der Waals surface area contributed by atoms with E-state index in [1.165, 1.54) is 51.2 Å². The average Bonchev–Trinajstić information content (AvgIpc) is 1.59. The highest BCUT2D eigenvalue weighted by molar-refractivity contribution is 7.49. The molecule has 8 heterocycles. The first-order valence-electron chi connectivity index (χ1n) is 32.1. The molecule has 5 N–H and O–H groups in total. The van der Waals surface area contributed by atoms with Gasteiger partial charge in [0.15, 0.2) is 27.1 Å². The number of hydrogen-bond acceptors (Lipinski definition) is 25. The minimum atomic E-state index is -3.84. The molecular formula is C60H90N11O20P3. The Labute approximate surface area is 545 Å². The molecule has 3 aliphatic carbocycles. The Balaban J connectivity index is 0.000000163. The van der Waals surface area contributed by atoms with E-state index in [-0.39, 0.29) is 25.4 Å². The van der Waals surface area contributed by atoms with Crippen molar-refractivity contribution in [3.05, 3.63) is 99.3 Å². The predicted octanol–water partition coefficient (Wildman–Crippen LogP) is 6.62. The Bertz CT molecular complexity index is 3500. The number of aromatic nitrogens is 6. The highest BCUT2D eigenvalue weighted by Crippen LogP contribution is 2.64. The summed E-state index contributed by atoms with van der Waals surface area (Å²) in [7, 11) is -8.37. The standard InChI is InChI=1S/C17H37N2OP.2C16H20N3O7P.C11H13N3O5/c1-13(2)18(14(3)4)21(19(15(5)6)16(7)8)20-17-11-9-10-12-17;2*1-16(9-17)13-11(24-14(16)19-7-6-12(20)18-15(19)21)8-23-27(22,26-13)25-10-4-2-3-5-10;1-11(5-12)8(17)6(4-15)19-9(11)14-3-2-7(16)13-10(14)18/h13-17H,9-12H2,1-8H3;2*6-7,10-11,13-14H,2-5,8H2,1H3,(H,18,20,21);2-3,6,8-9,15,17H,4H2,1H3,(H,13,16,18)/t;2*11-,13-,14-,16-,27?;6-,8-,9-,11-/m.111/s1. The van der Waals surface area contributed by atoms with Crippen molar-refractivity contribution in [2.24, 2.45) is 16.2 Å². The van der Waals surface area contributed by atoms with Gasteiger partial charge in [0.25, 0.3) is 16.7 Å². The van der Waals surface area contributed by atoms with E-state index in [9.17, 15) is 58.8 Å². The Morgan fingerprint density at radius 1 is 0.564 bits per heavy atom. The van der Waals surface area contributed by atoms with Crippen molar-refractivity contribution in [2.75, 3.05) is 19.8 Å². The van der Waals surface area contributed by atoms with Crippen molar-refractivity contribution in [1.29, 1.82) is 15.8 Å². The number of H-pyrrole nitrogens is 3. The van der Waals surface area contributed by atoms with E-state index in [4.69, 9.17) is 51.0 Å². The predicted molar refractivity (Wildman–Crippen MR) is 338 cm³/mol. The van der Waals surface area contributed by atoms with Crippen molar-refractivity contribution in [3.63, 3.8) is 0 Å². The Kier molecular flexibility index (Phi) is 24.7. The summed E-state index contributed by atoms with van der Waals surface area (Å²) >= 11 is 0. The number of hydrogen-bond donors (Lipinski definition) is 5. The highest BCUT2D eigenvalue weighted by atomic mass is 31.2. The van der Waals surface area contributed by atoms with E-state index >= 15 is 0 Å². The molecule has 0 spiro atoms. The minimum Gasteiger partial charge on any atom is -0.394 e. The normalized spacial score (nSPS) is 33.4. The molecule has 5 saturated heterocycles. The number of nitriles is 3. The fourth-order valence-corrected chi connectivity index (χ4v) is 19.1. The molecule has 3 saturated carbocycles. The summed E-state index contributed by atoms with van der Waals surface area (Å²) in [5.74, 6) is 0. The maximum atomic E-state index is 12.9. The fourth-order valence-electron chi connectivity index (χ4n) is 13.2. The van der Waals surface area contributed by atoms with Gasteiger partial charge in [0.2, 0.25) is 0 Å². The molecule has 8 aliphatic rings. The summed E-state index contributed by atoms with van der Waals surface area (Å²) in [5, 5.41) is 48.0. The summed E-state index contributed by atoms with van der Waals surface area (Å²) in [6.07, 6.45) is 7.45. The number of nitrogens with zero attached hydrogens (tertiary/aromatic N) is 8. The molecule has 3 aromatic rings. The number of ether oxygens (including phenoxy) is 3. The number of aliphatic hydroxyl groups excluding tert-OH is 2. The smallest absolute Gasteiger partial charge is 0.394 e. The van der Waals surface area contributed by atoms with E-state index in [1.54, 1.807) is 13.8 Å². The largest absolute Gasteiger partial charge is 0.475 e. The fraction of sp³-hybridized carbons (Fsp3) is 0.750. The van der Waals surface area contributed by atoms with Crippen LogP contribution < -0.4 is 33.7 Å². The number of phosphoric acid groups is 2. The second-order valence-corrected chi connectivity index (χ2v) is 31.2. The zero-order chi connectivity index (χ0) is 68.8. The number of rotatable bonds is 16. The van der Waals surface area contributed by atoms with Crippen LogP contribution in [0.3, 0.4) is 0 Å². The lowest BCUT2D eigenvalue weighted by atomic mass is 9.84. The third kappa shape index (κ3) is 16.3. The zero-order valence-electron chi connectivity index (χ0n) is 55.0. The topological polar surface area (TPSA) is 409 Å². The zero-order valence-corrected chi connectivity index (χ0v) is 57.7. The highest BCUT2D eigenvalue weighted by Gasteiger charge is 2.63. The average molecular weight is 1380 g/mol. The van der Waals surface area contributed by atoms with Crippen LogP contribution in [-0.4, -0.2) is 147 Å². The number of aliphatic hydroxyl groups is 2. The van der Waals surface area contributed by atoms with Gasteiger partial charge in [0.1, 0.15) is 52.9 Å². The van der Waals surface area contributed by atoms with Gasteiger partial charge in [-0.15, -0.1) is 0 Å². The molecule has 14 atom stereocenters. The molecular weight excluding hydrogens is 1290 g/mol. The second kappa shape index (κ2) is 31.1. The van der Waals surface area contributed by atoms with Crippen molar-refractivity contribution >= 4 is 24.1 Å². The van der Waals surface area contributed by atoms with Crippen molar-refractivity contribution < 1.29 is 65.2 Å². The first kappa shape index (κ1) is 74.6. The Morgan fingerprint density at radius 3 is 1.18 bits per heavy atom. The van der Waals surface area contributed by atoms with E-state index in [1.807, 2.05) is 11.1 Å². The van der Waals surface area contributed by atoms with Crippen LogP contribution in [0.25, 0.3) is 0 Å². The van der Waals surface area contributed by atoms with E-state index in [0.717, 1.165) is 83.3 Å². The summed E-state index contributed by atoms with van der Waals surface area (Å²) in [5.41, 5.74) is -7.94. The number of aromatic amines is 3. The van der Waals surface area contributed by atoms with Crippen molar-refractivity contribution in [3.8, 4) is 18.2 Å². The van der Waals surface area contributed by atoms with Crippen molar-refractivity contribution in [1.82, 2.24) is 38.0 Å². The summed E-state index contributed by atoms with van der Waals surface area (Å²) in [6.45, 7) is 22.3. The summed E-state index contributed by atoms with van der Waals surface area (Å²) < 4.78 is 91.2. The maximum Gasteiger partial charge on any atom is 0.475 e. The summed E-state index contributed by atoms with van der Waals surface area (Å²) in [4.78, 5) is 76.0. The molecule has 3 aromatic heterocycles. The van der Waals surface area contributed by atoms with Crippen LogP contribution in [0.4, 0.5) is 0 Å². The number of nitrogens with one attached hydrogen (secondary N) is 3. The molecule has 31 nitrogen and oxygen atoms in total. The molecule has 0 aromatic carbocycles. The number of phosphoric ester groups is 2. The SMILES string of the molecule is CC(C)N(C(C)C)P(OC1CCCC1)N(C(C)C)C(C)C.C[C@@]1(C#N)[C@@H]2OP(=O)(OC3CCCC3)OC[C@H]2O[C@H]1n1ccc(=O)[nH]c1=O.C[C@@]1(C#N)[C@@H]2OP(=O)(OC3CCCC3)OC[C@H]2O[C@H]1n1ccc(=O)[nH]c1=O.C[C@@]1(C#N)[C@H](O)[C@@H](CO)O[C@H]1n1ccc(=O)[nH]c1=O. The molecule has 0 bridgehead atoms. The van der Waals surface area contributed by atoms with E-state index in [0.29, 0.717) is 30.3 Å². The molecule has 2 unspecified atom stereocenters. The van der Waals surface area contributed by atoms with Gasteiger partial charge in [-0.1, -0.05) is 38.5 Å². The third-order valence-corrected chi connectivity index (χ3v) is 24.1. The molecule has 8 fully saturated rings. The molecule has 5 aliphatic heterocycles. The lowest BCUT2D eigenvalue weighted by Gasteiger charge is -2.46. The lowest BCUT2D eigenvalue weighted by Crippen LogP contribution is -2.44. The molecule has 520 valence electrons. The van der Waals surface area contributed by atoms with Gasteiger partial charge in [-0.2, -0.15) is 15.8 Å². The quantitative estimate of drug-likeness (QED) is 0.0940. The van der Waals surface area contributed by atoms with Crippen molar-refractivity contribution in [2.45, 2.75) is 251 Å². The summed E-state index contributed by atoms with van der Waals surface area (Å²) in [6, 6.07) is 11.6.